The number of fused-ring (bicyclic) bond motifs is 3. The third kappa shape index (κ3) is 3.06. The molecule has 0 unspecified atom stereocenters. The number of nitrogen functional groups attached to an aromatic ring is 1. The minimum Gasteiger partial charge on any atom is -0.375 e. The number of piperidine rings is 2. The lowest BCUT2D eigenvalue weighted by atomic mass is 9.63. The number of hydrogen-bond donors (Lipinski definition) is 1. The third-order valence-electron chi connectivity index (χ3n) is 7.36. The van der Waals surface area contributed by atoms with Gasteiger partial charge in [-0.15, -0.1) is 4.80 Å². The van der Waals surface area contributed by atoms with Gasteiger partial charge in [0.2, 0.25) is 0 Å². The maximum absolute atomic E-state index is 14.2. The Morgan fingerprint density at radius 3 is 2.61 bits per heavy atom. The number of hydrogen-bond acceptors (Lipinski definition) is 7. The maximum atomic E-state index is 14.2. The van der Waals surface area contributed by atoms with E-state index < -0.39 is 0 Å². The van der Waals surface area contributed by atoms with Crippen molar-refractivity contribution in [2.45, 2.75) is 45.7 Å². The molecule has 33 heavy (non-hydrogen) atoms. The zero-order valence-corrected chi connectivity index (χ0v) is 19.6. The number of pyridine rings is 1. The molecule has 4 aromatic rings. The van der Waals surface area contributed by atoms with Crippen LogP contribution in [0.3, 0.4) is 0 Å². The first-order valence-corrected chi connectivity index (χ1v) is 12.1. The van der Waals surface area contributed by atoms with Gasteiger partial charge in [0.25, 0.3) is 5.91 Å². The zero-order chi connectivity index (χ0) is 22.9. The summed E-state index contributed by atoms with van der Waals surface area (Å²) in [7, 11) is 0. The van der Waals surface area contributed by atoms with Gasteiger partial charge in [-0.05, 0) is 67.9 Å². The number of aromatic nitrogens is 5. The zero-order valence-electron chi connectivity index (χ0n) is 18.8. The average molecular weight is 460 g/mol. The molecule has 8 nitrogen and oxygen atoms in total. The van der Waals surface area contributed by atoms with E-state index >= 15 is 0 Å². The first kappa shape index (κ1) is 20.3. The van der Waals surface area contributed by atoms with Gasteiger partial charge in [0, 0.05) is 11.7 Å². The monoisotopic (exact) mass is 459 g/mol. The molecule has 1 amide bonds. The number of thiazole rings is 1. The highest BCUT2D eigenvalue weighted by Gasteiger charge is 2.52. The van der Waals surface area contributed by atoms with Crippen LogP contribution in [0.2, 0.25) is 0 Å². The molecule has 3 fully saturated rings. The molecule has 5 heterocycles. The van der Waals surface area contributed by atoms with Crippen LogP contribution < -0.4 is 5.73 Å². The van der Waals surface area contributed by atoms with Crippen LogP contribution in [-0.4, -0.2) is 41.8 Å². The van der Waals surface area contributed by atoms with E-state index in [0.717, 1.165) is 39.9 Å². The van der Waals surface area contributed by atoms with E-state index in [1.807, 2.05) is 19.1 Å². The Kier molecular flexibility index (Phi) is 4.52. The van der Waals surface area contributed by atoms with Crippen molar-refractivity contribution < 1.29 is 4.79 Å². The molecule has 168 valence electrons. The summed E-state index contributed by atoms with van der Waals surface area (Å²) in [5.74, 6) is 0.892. The third-order valence-corrected chi connectivity index (χ3v) is 8.21. The van der Waals surface area contributed by atoms with E-state index in [4.69, 9.17) is 5.73 Å². The highest BCUT2D eigenvalue weighted by Crippen LogP contribution is 2.53. The lowest BCUT2D eigenvalue weighted by Crippen LogP contribution is -2.59. The number of carbonyl (C=O) groups is 1. The van der Waals surface area contributed by atoms with Crippen LogP contribution in [-0.2, 0) is 0 Å². The molecule has 2 aliphatic heterocycles. The van der Waals surface area contributed by atoms with Crippen molar-refractivity contribution in [1.82, 2.24) is 29.9 Å². The summed E-state index contributed by atoms with van der Waals surface area (Å²) >= 11 is 1.50. The van der Waals surface area contributed by atoms with E-state index in [0.29, 0.717) is 28.3 Å². The van der Waals surface area contributed by atoms with Crippen LogP contribution in [0.5, 0.6) is 0 Å². The quantitative estimate of drug-likeness (QED) is 0.495. The average Bonchev–Trinajstić information content (AvgIpc) is 3.42. The van der Waals surface area contributed by atoms with E-state index in [1.165, 1.54) is 16.1 Å². The summed E-state index contributed by atoms with van der Waals surface area (Å²) in [5, 5.41) is 9.07. The number of anilines is 1. The van der Waals surface area contributed by atoms with E-state index in [1.54, 1.807) is 12.4 Å². The number of amides is 1. The van der Waals surface area contributed by atoms with Crippen LogP contribution in [0.4, 0.5) is 5.13 Å². The fourth-order valence-electron chi connectivity index (χ4n) is 5.56. The molecule has 1 saturated carbocycles. The topological polar surface area (TPSA) is 103 Å². The number of nitrogens with two attached hydrogens (primary N) is 1. The lowest BCUT2D eigenvalue weighted by molar-refractivity contribution is -0.0567. The molecule has 9 heteroatoms. The first-order chi connectivity index (χ1) is 15.9. The van der Waals surface area contributed by atoms with Crippen molar-refractivity contribution >= 4 is 32.6 Å². The van der Waals surface area contributed by atoms with Gasteiger partial charge in [-0.2, -0.15) is 10.2 Å². The minimum atomic E-state index is -0.0664. The number of benzene rings is 1. The molecule has 2 N–H and O–H groups in total. The van der Waals surface area contributed by atoms with Crippen molar-refractivity contribution in [3.8, 4) is 5.69 Å². The Labute approximate surface area is 195 Å². The fraction of sp³-hybridized carbons (Fsp3) is 0.375. The molecule has 2 bridgehead atoms. The van der Waals surface area contributed by atoms with Crippen LogP contribution in [0.15, 0.2) is 36.7 Å². The molecular weight excluding hydrogens is 434 g/mol. The van der Waals surface area contributed by atoms with Gasteiger partial charge in [0.1, 0.15) is 5.69 Å². The largest absolute Gasteiger partial charge is 0.375 e. The summed E-state index contributed by atoms with van der Waals surface area (Å²) in [4.78, 5) is 27.0. The predicted octanol–water partition coefficient (Wildman–Crippen LogP) is 4.08. The Balaban J connectivity index is 1.48. The Morgan fingerprint density at radius 1 is 1.09 bits per heavy atom. The molecule has 2 atom stereocenters. The van der Waals surface area contributed by atoms with Gasteiger partial charge < -0.3 is 10.6 Å². The number of nitrogens with zero attached hydrogens (tertiary/aromatic N) is 6. The summed E-state index contributed by atoms with van der Waals surface area (Å²) in [5.41, 5.74) is 11.0. The maximum Gasteiger partial charge on any atom is 0.275 e. The van der Waals surface area contributed by atoms with Crippen LogP contribution in [0, 0.1) is 25.7 Å². The predicted molar refractivity (Wildman–Crippen MR) is 127 cm³/mol. The number of aryl methyl sites for hydroxylation is 2. The molecule has 3 aliphatic rings. The standard InChI is InChI=1S/C24H25N7OS/c1-12-4-6-18(31-26-8-9-27-31)21(28-12)23(32)30-16-10-15(11-16)13(2)22(30)17-5-7-19-20(14(17)3)29-24(25)33-19/h4-9,13,15-16,22H,10-11H2,1-3H3,(H2,25,29)/t13-,15?,16?,22+/m0/s1. The van der Waals surface area contributed by atoms with Crippen LogP contribution in [0.25, 0.3) is 15.9 Å². The molecule has 7 rings (SSSR count). The van der Waals surface area contributed by atoms with Crippen molar-refractivity contribution in [2.75, 3.05) is 5.73 Å². The Morgan fingerprint density at radius 2 is 1.85 bits per heavy atom. The SMILES string of the molecule is Cc1ccc(-n2nccn2)c(C(=O)N2C3CC(C3)[C@H](C)[C@@H]2c2ccc3sc(N)nc3c2C)n1. The van der Waals surface area contributed by atoms with Gasteiger partial charge in [0.05, 0.1) is 28.7 Å². The van der Waals surface area contributed by atoms with Crippen LogP contribution >= 0.6 is 11.3 Å². The van der Waals surface area contributed by atoms with Crippen molar-refractivity contribution in [3.05, 3.63) is 59.2 Å². The molecule has 0 spiro atoms. The molecular formula is C24H25N7OS. The summed E-state index contributed by atoms with van der Waals surface area (Å²) in [6.45, 7) is 6.26. The molecule has 1 aliphatic carbocycles. The van der Waals surface area contributed by atoms with Gasteiger partial charge >= 0.3 is 0 Å². The highest BCUT2D eigenvalue weighted by atomic mass is 32.1. The summed E-state index contributed by atoms with van der Waals surface area (Å²) < 4.78 is 1.08. The fourth-order valence-corrected chi connectivity index (χ4v) is 6.35. The molecule has 2 saturated heterocycles. The summed E-state index contributed by atoms with van der Waals surface area (Å²) in [6, 6.07) is 8.17. The Bertz CT molecular complexity index is 1370. The van der Waals surface area contributed by atoms with Gasteiger partial charge in [-0.3, -0.25) is 4.79 Å². The molecule has 3 aromatic heterocycles. The van der Waals surface area contributed by atoms with Gasteiger partial charge in [-0.25, -0.2) is 9.97 Å². The Hall–Kier alpha value is -3.33. The second-order valence-corrected chi connectivity index (χ2v) is 10.3. The normalized spacial score (nSPS) is 24.2. The molecule has 0 radical (unpaired) electrons. The number of carbonyl (C=O) groups excluding carboxylic acids is 1. The highest BCUT2D eigenvalue weighted by molar-refractivity contribution is 7.22. The second-order valence-electron chi connectivity index (χ2n) is 9.22. The number of rotatable bonds is 3. The first-order valence-electron chi connectivity index (χ1n) is 11.2. The summed E-state index contributed by atoms with van der Waals surface area (Å²) in [6.07, 6.45) is 5.29. The van der Waals surface area contributed by atoms with Gasteiger partial charge in [0.15, 0.2) is 10.8 Å². The lowest BCUT2D eigenvalue weighted by Gasteiger charge is -2.57. The van der Waals surface area contributed by atoms with Crippen molar-refractivity contribution in [3.63, 3.8) is 0 Å². The van der Waals surface area contributed by atoms with E-state index in [9.17, 15) is 4.79 Å². The molecule has 1 aromatic carbocycles. The second kappa shape index (κ2) is 7.34. The van der Waals surface area contributed by atoms with E-state index in [-0.39, 0.29) is 18.0 Å². The minimum absolute atomic E-state index is 0.0388. The van der Waals surface area contributed by atoms with E-state index in [2.05, 4.69) is 51.0 Å². The van der Waals surface area contributed by atoms with Gasteiger partial charge in [-0.1, -0.05) is 24.3 Å². The van der Waals surface area contributed by atoms with Crippen molar-refractivity contribution in [2.24, 2.45) is 11.8 Å². The smallest absolute Gasteiger partial charge is 0.275 e. The van der Waals surface area contributed by atoms with Crippen LogP contribution in [0.1, 0.15) is 53.1 Å². The van der Waals surface area contributed by atoms with Crippen molar-refractivity contribution in [1.29, 1.82) is 0 Å².